The monoisotopic (exact) mass is 247 g/mol. The van der Waals surface area contributed by atoms with Crippen LogP contribution in [0.2, 0.25) is 0 Å². The summed E-state index contributed by atoms with van der Waals surface area (Å²) in [5.41, 5.74) is 0. The van der Waals surface area contributed by atoms with Gasteiger partial charge in [0.1, 0.15) is 12.2 Å². The molecular formula is C11H21NO5. The topological polar surface area (TPSA) is 99.0 Å². The van der Waals surface area contributed by atoms with Gasteiger partial charge in [-0.2, -0.15) is 0 Å². The molecule has 1 fully saturated rings. The zero-order valence-corrected chi connectivity index (χ0v) is 10.3. The van der Waals surface area contributed by atoms with Crippen molar-refractivity contribution in [3.63, 3.8) is 0 Å². The second-order valence-corrected chi connectivity index (χ2v) is 4.67. The number of aliphatic hydroxyl groups is 3. The molecule has 1 heterocycles. The second kappa shape index (κ2) is 5.77. The van der Waals surface area contributed by atoms with Gasteiger partial charge in [0.15, 0.2) is 0 Å². The number of amides is 1. The van der Waals surface area contributed by atoms with Gasteiger partial charge >= 0.3 is 0 Å². The maximum atomic E-state index is 11.5. The van der Waals surface area contributed by atoms with Crippen molar-refractivity contribution in [3.05, 3.63) is 0 Å². The first-order valence-electron chi connectivity index (χ1n) is 5.82. The van der Waals surface area contributed by atoms with Crippen LogP contribution < -0.4 is 5.32 Å². The molecular weight excluding hydrogens is 226 g/mol. The number of carbonyl (C=O) groups is 1. The molecule has 1 rings (SSSR count). The molecule has 5 unspecified atom stereocenters. The lowest BCUT2D eigenvalue weighted by molar-refractivity contribution is -0.175. The zero-order valence-electron chi connectivity index (χ0n) is 10.3. The van der Waals surface area contributed by atoms with Gasteiger partial charge in [0.25, 0.3) is 0 Å². The first-order chi connectivity index (χ1) is 7.82. The molecule has 0 aromatic carbocycles. The van der Waals surface area contributed by atoms with Crippen LogP contribution in [0.25, 0.3) is 0 Å². The van der Waals surface area contributed by atoms with Crippen LogP contribution in [0.3, 0.4) is 0 Å². The van der Waals surface area contributed by atoms with Gasteiger partial charge < -0.3 is 25.4 Å². The third-order valence-electron chi connectivity index (χ3n) is 2.94. The number of ether oxygens (including phenoxy) is 1. The molecule has 0 bridgehead atoms. The van der Waals surface area contributed by atoms with Gasteiger partial charge in [-0.25, -0.2) is 0 Å². The van der Waals surface area contributed by atoms with Gasteiger partial charge in [-0.1, -0.05) is 0 Å². The molecule has 1 aliphatic heterocycles. The van der Waals surface area contributed by atoms with Crippen LogP contribution >= 0.6 is 0 Å². The molecule has 6 heteroatoms. The Morgan fingerprint density at radius 2 is 1.88 bits per heavy atom. The van der Waals surface area contributed by atoms with Gasteiger partial charge in [0.05, 0.1) is 30.8 Å². The number of hydrogen-bond donors (Lipinski definition) is 4. The molecule has 6 atom stereocenters. The van der Waals surface area contributed by atoms with E-state index in [1.165, 1.54) is 6.92 Å². The second-order valence-electron chi connectivity index (χ2n) is 4.67. The van der Waals surface area contributed by atoms with Crippen molar-refractivity contribution in [2.24, 2.45) is 0 Å². The average molecular weight is 247 g/mol. The van der Waals surface area contributed by atoms with Crippen LogP contribution in [0.1, 0.15) is 27.2 Å². The summed E-state index contributed by atoms with van der Waals surface area (Å²) in [5.74, 6) is -0.374. The molecule has 0 aromatic heterocycles. The van der Waals surface area contributed by atoms with E-state index in [1.807, 2.05) is 0 Å². The van der Waals surface area contributed by atoms with Crippen molar-refractivity contribution in [2.45, 2.75) is 63.8 Å². The maximum absolute atomic E-state index is 11.5. The molecule has 1 aliphatic rings. The van der Waals surface area contributed by atoms with E-state index in [9.17, 15) is 15.0 Å². The van der Waals surface area contributed by atoms with Crippen LogP contribution in [0.15, 0.2) is 0 Å². The third kappa shape index (κ3) is 3.64. The lowest BCUT2D eigenvalue weighted by atomic mass is 9.94. The number of aliphatic hydroxyl groups excluding tert-OH is 3. The first-order valence-corrected chi connectivity index (χ1v) is 5.82. The van der Waals surface area contributed by atoms with Gasteiger partial charge in [0.2, 0.25) is 5.91 Å². The molecule has 17 heavy (non-hydrogen) atoms. The fraction of sp³-hybridized carbons (Fsp3) is 0.909. The van der Waals surface area contributed by atoms with Gasteiger partial charge in [0, 0.05) is 0 Å². The normalized spacial score (nSPS) is 39.8. The number of carbonyl (C=O) groups excluding carboxylic acids is 1. The van der Waals surface area contributed by atoms with E-state index in [1.54, 1.807) is 13.8 Å². The summed E-state index contributed by atoms with van der Waals surface area (Å²) in [6, 6.07) is -0.660. The summed E-state index contributed by atoms with van der Waals surface area (Å²) < 4.78 is 5.40. The van der Waals surface area contributed by atoms with E-state index < -0.39 is 30.5 Å². The molecule has 0 saturated carbocycles. The predicted molar refractivity (Wildman–Crippen MR) is 60.3 cm³/mol. The largest absolute Gasteiger partial charge is 0.393 e. The molecule has 0 spiro atoms. The van der Waals surface area contributed by atoms with Crippen molar-refractivity contribution >= 4 is 5.91 Å². The number of nitrogens with one attached hydrogen (secondary N) is 1. The summed E-state index contributed by atoms with van der Waals surface area (Å²) in [5, 5.41) is 31.1. The standard InChI is InChI=1S/C11H21NO5/c1-5(13)4-8(14)12-9-6(2)17-7(3)10(15)11(9)16/h5-7,9-11,13,15-16H,4H2,1-3H3,(H,12,14)/t5-,6?,7?,9?,10?,11?/m1/s1. The molecule has 1 amide bonds. The highest BCUT2D eigenvalue weighted by Gasteiger charge is 2.41. The molecule has 6 nitrogen and oxygen atoms in total. The van der Waals surface area contributed by atoms with Gasteiger partial charge in [-0.05, 0) is 20.8 Å². The fourth-order valence-corrected chi connectivity index (χ4v) is 1.99. The number of hydrogen-bond acceptors (Lipinski definition) is 5. The summed E-state index contributed by atoms with van der Waals surface area (Å²) in [6.45, 7) is 4.89. The molecule has 0 aromatic rings. The van der Waals surface area contributed by atoms with Gasteiger partial charge in [-0.3, -0.25) is 4.79 Å². The Bertz CT molecular complexity index is 271. The van der Waals surface area contributed by atoms with Crippen LogP contribution in [0.4, 0.5) is 0 Å². The third-order valence-corrected chi connectivity index (χ3v) is 2.94. The Kier molecular flexibility index (Phi) is 4.88. The van der Waals surface area contributed by atoms with Crippen molar-refractivity contribution in [1.82, 2.24) is 5.32 Å². The highest BCUT2D eigenvalue weighted by molar-refractivity contribution is 5.76. The minimum Gasteiger partial charge on any atom is -0.393 e. The Labute approximate surface area is 101 Å². The van der Waals surface area contributed by atoms with E-state index in [0.717, 1.165) is 0 Å². The highest BCUT2D eigenvalue weighted by Crippen LogP contribution is 2.20. The van der Waals surface area contributed by atoms with Crippen molar-refractivity contribution in [2.75, 3.05) is 0 Å². The SMILES string of the molecule is CC1OC(C)C(NC(=O)C[C@@H](C)O)C(O)C1O. The Morgan fingerprint density at radius 1 is 1.29 bits per heavy atom. The minimum atomic E-state index is -1.06. The molecule has 0 radical (unpaired) electrons. The highest BCUT2D eigenvalue weighted by atomic mass is 16.5. The van der Waals surface area contributed by atoms with Gasteiger partial charge in [-0.15, -0.1) is 0 Å². The molecule has 0 aliphatic carbocycles. The summed E-state index contributed by atoms with van der Waals surface area (Å²) in [7, 11) is 0. The predicted octanol–water partition coefficient (Wildman–Crippen LogP) is -1.23. The van der Waals surface area contributed by atoms with Crippen LogP contribution in [0, 0.1) is 0 Å². The summed E-state index contributed by atoms with van der Waals surface area (Å²) in [4.78, 5) is 11.5. The summed E-state index contributed by atoms with van der Waals surface area (Å²) in [6.07, 6.45) is -3.72. The molecule has 100 valence electrons. The Hall–Kier alpha value is -0.690. The quantitative estimate of drug-likeness (QED) is 0.500. The van der Waals surface area contributed by atoms with E-state index >= 15 is 0 Å². The Balaban J connectivity index is 2.59. The maximum Gasteiger partial charge on any atom is 0.222 e. The Morgan fingerprint density at radius 3 is 2.41 bits per heavy atom. The van der Waals surface area contributed by atoms with E-state index in [0.29, 0.717) is 0 Å². The van der Waals surface area contributed by atoms with Crippen molar-refractivity contribution < 1.29 is 24.9 Å². The van der Waals surface area contributed by atoms with Crippen LogP contribution in [-0.2, 0) is 9.53 Å². The van der Waals surface area contributed by atoms with Crippen molar-refractivity contribution in [3.8, 4) is 0 Å². The number of rotatable bonds is 3. The van der Waals surface area contributed by atoms with E-state index in [4.69, 9.17) is 9.84 Å². The fourth-order valence-electron chi connectivity index (χ4n) is 1.99. The van der Waals surface area contributed by atoms with Crippen LogP contribution in [0.5, 0.6) is 0 Å². The average Bonchev–Trinajstić information content (AvgIpc) is 2.20. The molecule has 4 N–H and O–H groups in total. The minimum absolute atomic E-state index is 0.0401. The van der Waals surface area contributed by atoms with Crippen molar-refractivity contribution in [1.29, 1.82) is 0 Å². The first kappa shape index (κ1) is 14.4. The van der Waals surface area contributed by atoms with E-state index in [2.05, 4.69) is 5.32 Å². The lowest BCUT2D eigenvalue weighted by Gasteiger charge is -2.40. The smallest absolute Gasteiger partial charge is 0.222 e. The molecule has 1 saturated heterocycles. The zero-order chi connectivity index (χ0) is 13.2. The summed E-state index contributed by atoms with van der Waals surface area (Å²) >= 11 is 0. The lowest BCUT2D eigenvalue weighted by Crippen LogP contribution is -2.62. The van der Waals surface area contributed by atoms with Crippen LogP contribution in [-0.4, -0.2) is 57.8 Å². The van der Waals surface area contributed by atoms with E-state index in [-0.39, 0.29) is 18.4 Å².